The smallest absolute Gasteiger partial charge is 0.449 e. The summed E-state index contributed by atoms with van der Waals surface area (Å²) in [6.07, 6.45) is 0. The van der Waals surface area contributed by atoms with Gasteiger partial charge in [-0.05, 0) is 0 Å². The zero-order valence-electron chi connectivity index (χ0n) is 4.44. The Kier molecular flexibility index (Phi) is 9.06. The molecule has 0 radical (unpaired) electrons. The Morgan fingerprint density at radius 3 is 1.33 bits per heavy atom. The molecular weight excluding hydrogens is 186 g/mol. The molecular formula is CH8O5P2S. The molecule has 9 heavy (non-hydrogen) atoms. The quantitative estimate of drug-likeness (QED) is 0.407. The molecule has 0 spiro atoms. The Morgan fingerprint density at radius 1 is 1.22 bits per heavy atom. The van der Waals surface area contributed by atoms with Crippen molar-refractivity contribution in [2.75, 3.05) is 0 Å². The number of hydrogen-bond acceptors (Lipinski definition) is 3. The molecule has 0 fully saturated rings. The van der Waals surface area contributed by atoms with Crippen molar-refractivity contribution in [3.8, 4) is 0 Å². The predicted octanol–water partition coefficient (Wildman–Crippen LogP) is -0.332. The third kappa shape index (κ3) is 8.24. The van der Waals surface area contributed by atoms with Crippen LogP contribution < -0.4 is 0 Å². The monoisotopic (exact) mass is 194 g/mol. The summed E-state index contributed by atoms with van der Waals surface area (Å²) in [5.74, 6) is 0. The lowest BCUT2D eigenvalue weighted by molar-refractivity contribution is 0.216. The molecule has 0 amide bonds. The van der Waals surface area contributed by atoms with E-state index in [9.17, 15) is 13.2 Å². The van der Waals surface area contributed by atoms with Crippen molar-refractivity contribution in [1.82, 2.24) is 0 Å². The molecule has 0 aliphatic heterocycles. The largest absolute Gasteiger partial charge is 0.468 e. The third-order valence-corrected chi connectivity index (χ3v) is 0.662. The van der Waals surface area contributed by atoms with Crippen LogP contribution in [0, 0.1) is 0 Å². The summed E-state index contributed by atoms with van der Waals surface area (Å²) in [5.41, 5.74) is 0. The van der Waals surface area contributed by atoms with Crippen LogP contribution in [0.3, 0.4) is 0 Å². The normalized spacial score (nSPS) is 8.56. The van der Waals surface area contributed by atoms with Gasteiger partial charge in [-0.15, -0.1) is 0 Å². The van der Waals surface area contributed by atoms with E-state index in [2.05, 4.69) is 0 Å². The Balaban J connectivity index is -0.000000180. The molecule has 0 saturated carbocycles. The molecule has 0 aromatic rings. The van der Waals surface area contributed by atoms with Crippen LogP contribution in [0.1, 0.15) is 0 Å². The Hall–Kier alpha value is 0.240. The molecule has 0 rings (SSSR count). The fourth-order valence-electron chi connectivity index (χ4n) is 0. The van der Waals surface area contributed by atoms with Crippen LogP contribution in [0.5, 0.6) is 0 Å². The van der Waals surface area contributed by atoms with Gasteiger partial charge in [0, 0.05) is 0 Å². The topological polar surface area (TPSA) is 91.7 Å². The van der Waals surface area contributed by atoms with E-state index in [1.807, 2.05) is 0 Å². The van der Waals surface area contributed by atoms with Crippen molar-refractivity contribution in [3.63, 3.8) is 0 Å². The van der Waals surface area contributed by atoms with Crippen LogP contribution in [-0.4, -0.2) is 23.4 Å². The number of carboxylic acid groups (broad SMARTS) is 1. The SMILES string of the molecule is O=C(O)S(=O)(=O)O.P.P. The van der Waals surface area contributed by atoms with Crippen LogP contribution in [0.2, 0.25) is 0 Å². The molecule has 0 heterocycles. The Morgan fingerprint density at radius 2 is 1.33 bits per heavy atom. The molecule has 0 aromatic carbocycles. The lowest BCUT2D eigenvalue weighted by Gasteiger charge is -1.78. The highest BCUT2D eigenvalue weighted by molar-refractivity contribution is 8.00. The average molecular weight is 194 g/mol. The Labute approximate surface area is 58.8 Å². The predicted molar refractivity (Wildman–Crippen MR) is 41.8 cm³/mol. The maximum atomic E-state index is 9.29. The van der Waals surface area contributed by atoms with E-state index in [1.165, 1.54) is 0 Å². The summed E-state index contributed by atoms with van der Waals surface area (Å²) >= 11 is 0. The second-order valence-electron chi connectivity index (χ2n) is 0.741. The van der Waals surface area contributed by atoms with Gasteiger partial charge in [0.15, 0.2) is 0 Å². The molecule has 0 bridgehead atoms. The van der Waals surface area contributed by atoms with Gasteiger partial charge in [-0.2, -0.15) is 28.2 Å². The van der Waals surface area contributed by atoms with Crippen molar-refractivity contribution < 1.29 is 22.9 Å². The minimum absolute atomic E-state index is 0. The molecule has 0 aliphatic rings. The van der Waals surface area contributed by atoms with Gasteiger partial charge in [-0.1, -0.05) is 0 Å². The minimum Gasteiger partial charge on any atom is -0.468 e. The minimum atomic E-state index is -4.82. The van der Waals surface area contributed by atoms with Gasteiger partial charge in [0.1, 0.15) is 0 Å². The van der Waals surface area contributed by atoms with Gasteiger partial charge in [0.05, 0.1) is 0 Å². The summed E-state index contributed by atoms with van der Waals surface area (Å²) in [5, 5.41) is 5.18. The first-order valence-electron chi connectivity index (χ1n) is 1.15. The van der Waals surface area contributed by atoms with E-state index in [0.29, 0.717) is 0 Å². The highest BCUT2D eigenvalue weighted by Crippen LogP contribution is 1.79. The van der Waals surface area contributed by atoms with Crippen LogP contribution >= 0.6 is 19.8 Å². The summed E-state index contributed by atoms with van der Waals surface area (Å²) in [6.45, 7) is 0. The lowest BCUT2D eigenvalue weighted by Crippen LogP contribution is -2.08. The van der Waals surface area contributed by atoms with Crippen LogP contribution in [0.15, 0.2) is 0 Å². The van der Waals surface area contributed by atoms with Crippen LogP contribution in [-0.2, 0) is 10.1 Å². The van der Waals surface area contributed by atoms with Gasteiger partial charge in [0.25, 0.3) is 0 Å². The maximum absolute atomic E-state index is 9.29. The second-order valence-corrected chi connectivity index (χ2v) is 2.04. The summed E-state index contributed by atoms with van der Waals surface area (Å²) in [7, 11) is -4.82. The van der Waals surface area contributed by atoms with Crippen LogP contribution in [0.4, 0.5) is 4.79 Å². The molecule has 0 saturated heterocycles. The first-order chi connectivity index (χ1) is 2.94. The van der Waals surface area contributed by atoms with E-state index in [0.717, 1.165) is 0 Å². The van der Waals surface area contributed by atoms with Gasteiger partial charge in [-0.3, -0.25) is 4.55 Å². The maximum Gasteiger partial charge on any atom is 0.449 e. The molecule has 0 aliphatic carbocycles. The summed E-state index contributed by atoms with van der Waals surface area (Å²) in [4.78, 5) is 9.18. The zero-order chi connectivity index (χ0) is 6.08. The molecule has 2 atom stereocenters. The van der Waals surface area contributed by atoms with Gasteiger partial charge >= 0.3 is 15.4 Å². The second kappa shape index (κ2) is 5.06. The van der Waals surface area contributed by atoms with E-state index in [-0.39, 0.29) is 19.8 Å². The molecule has 2 unspecified atom stereocenters. The standard InChI is InChI=1S/CH2O5S.2H3P/c2-1(3)7(4,5)6;;/h(H,2,3)(H,4,5,6);2*1H3. The van der Waals surface area contributed by atoms with Crippen molar-refractivity contribution >= 4 is 35.2 Å². The number of carbonyl (C=O) groups is 1. The Bertz CT molecular complexity index is 169. The fraction of sp³-hybridized carbons (Fsp3) is 0. The first-order valence-corrected chi connectivity index (χ1v) is 2.59. The summed E-state index contributed by atoms with van der Waals surface area (Å²) < 4.78 is 26.0. The van der Waals surface area contributed by atoms with Gasteiger partial charge in [-0.25, -0.2) is 4.79 Å². The summed E-state index contributed by atoms with van der Waals surface area (Å²) in [6, 6.07) is 0. The molecule has 5 nitrogen and oxygen atoms in total. The molecule has 8 heteroatoms. The lowest BCUT2D eigenvalue weighted by atomic mass is 11.6. The fourth-order valence-corrected chi connectivity index (χ4v) is 0. The van der Waals surface area contributed by atoms with Gasteiger partial charge < -0.3 is 5.11 Å². The number of rotatable bonds is 0. The van der Waals surface area contributed by atoms with Crippen molar-refractivity contribution in [1.29, 1.82) is 0 Å². The van der Waals surface area contributed by atoms with Crippen LogP contribution in [0.25, 0.3) is 0 Å². The average Bonchev–Trinajstić information content (AvgIpc) is 1.31. The zero-order valence-corrected chi connectivity index (χ0v) is 8.09. The van der Waals surface area contributed by atoms with Crippen molar-refractivity contribution in [3.05, 3.63) is 0 Å². The van der Waals surface area contributed by atoms with Crippen molar-refractivity contribution in [2.45, 2.75) is 0 Å². The van der Waals surface area contributed by atoms with Gasteiger partial charge in [0.2, 0.25) is 0 Å². The first kappa shape index (κ1) is 16.1. The third-order valence-electron chi connectivity index (χ3n) is 0.221. The highest BCUT2D eigenvalue weighted by atomic mass is 32.2. The van der Waals surface area contributed by atoms with Crippen molar-refractivity contribution in [2.24, 2.45) is 0 Å². The molecule has 2 N–H and O–H groups in total. The van der Waals surface area contributed by atoms with E-state index in [4.69, 9.17) is 9.66 Å². The highest BCUT2D eigenvalue weighted by Gasteiger charge is 2.14. The molecule has 58 valence electrons. The van der Waals surface area contributed by atoms with E-state index < -0.39 is 15.4 Å². The number of hydrogen-bond donors (Lipinski definition) is 2. The van der Waals surface area contributed by atoms with E-state index in [1.54, 1.807) is 0 Å². The van der Waals surface area contributed by atoms with E-state index >= 15 is 0 Å². The molecule has 0 aromatic heterocycles.